The van der Waals surface area contributed by atoms with E-state index in [0.717, 1.165) is 24.1 Å². The standard InChI is InChI=1S/C12H18N4/c1-16(11-5-6-11)12-7-4-10(14-15-12)8-13-9-2-3-9/h4,7,9,11,13H,2-3,5-6,8H2,1H3. The molecule has 0 unspecified atom stereocenters. The molecular formula is C12H18N4. The fraction of sp³-hybridized carbons (Fsp3) is 0.667. The Bertz CT molecular complexity index is 354. The highest BCUT2D eigenvalue weighted by atomic mass is 15.3. The second-order valence-electron chi connectivity index (χ2n) is 4.88. The van der Waals surface area contributed by atoms with Crippen LogP contribution in [0.3, 0.4) is 0 Å². The van der Waals surface area contributed by atoms with Crippen LogP contribution in [0, 0.1) is 0 Å². The molecule has 0 atom stereocenters. The van der Waals surface area contributed by atoms with E-state index < -0.39 is 0 Å². The summed E-state index contributed by atoms with van der Waals surface area (Å²) < 4.78 is 0. The predicted molar refractivity (Wildman–Crippen MR) is 63.3 cm³/mol. The minimum atomic E-state index is 0.699. The lowest BCUT2D eigenvalue weighted by molar-refractivity contribution is 0.664. The Hall–Kier alpha value is -1.16. The molecule has 0 spiro atoms. The van der Waals surface area contributed by atoms with Crippen molar-refractivity contribution in [1.29, 1.82) is 0 Å². The van der Waals surface area contributed by atoms with Crippen molar-refractivity contribution in [1.82, 2.24) is 15.5 Å². The Morgan fingerprint density at radius 3 is 2.62 bits per heavy atom. The van der Waals surface area contributed by atoms with E-state index in [1.807, 2.05) is 0 Å². The first-order chi connectivity index (χ1) is 7.83. The average molecular weight is 218 g/mol. The number of rotatable bonds is 5. The highest BCUT2D eigenvalue weighted by Crippen LogP contribution is 2.28. The van der Waals surface area contributed by atoms with Gasteiger partial charge < -0.3 is 10.2 Å². The van der Waals surface area contributed by atoms with Crippen LogP contribution in [0.5, 0.6) is 0 Å². The lowest BCUT2D eigenvalue weighted by Crippen LogP contribution is -2.22. The van der Waals surface area contributed by atoms with Gasteiger partial charge in [0.25, 0.3) is 0 Å². The van der Waals surface area contributed by atoms with Gasteiger partial charge in [0.05, 0.1) is 5.69 Å². The molecule has 1 heterocycles. The van der Waals surface area contributed by atoms with Crippen LogP contribution in [-0.4, -0.2) is 29.3 Å². The van der Waals surface area contributed by atoms with Crippen LogP contribution in [0.15, 0.2) is 12.1 Å². The molecule has 4 nitrogen and oxygen atoms in total. The molecule has 2 aliphatic carbocycles. The van der Waals surface area contributed by atoms with E-state index in [-0.39, 0.29) is 0 Å². The maximum absolute atomic E-state index is 4.27. The summed E-state index contributed by atoms with van der Waals surface area (Å²) in [6.45, 7) is 0.852. The van der Waals surface area contributed by atoms with Crippen LogP contribution < -0.4 is 10.2 Å². The summed E-state index contributed by atoms with van der Waals surface area (Å²) in [5.41, 5.74) is 1.04. The molecule has 0 aromatic carbocycles. The number of nitrogens with zero attached hydrogens (tertiary/aromatic N) is 3. The first-order valence-corrected chi connectivity index (χ1v) is 6.12. The van der Waals surface area contributed by atoms with E-state index in [1.165, 1.54) is 25.7 Å². The third-order valence-electron chi connectivity index (χ3n) is 3.31. The van der Waals surface area contributed by atoms with E-state index in [1.54, 1.807) is 0 Å². The largest absolute Gasteiger partial charge is 0.355 e. The summed E-state index contributed by atoms with van der Waals surface area (Å²) in [4.78, 5) is 2.23. The Balaban J connectivity index is 1.59. The van der Waals surface area contributed by atoms with Crippen LogP contribution in [0.4, 0.5) is 5.82 Å². The topological polar surface area (TPSA) is 41.0 Å². The average Bonchev–Trinajstić information content (AvgIpc) is 3.19. The lowest BCUT2D eigenvalue weighted by atomic mass is 10.3. The second-order valence-corrected chi connectivity index (χ2v) is 4.88. The van der Waals surface area contributed by atoms with Crippen LogP contribution in [0.1, 0.15) is 31.4 Å². The molecule has 16 heavy (non-hydrogen) atoms. The molecule has 2 aliphatic rings. The highest BCUT2D eigenvalue weighted by molar-refractivity contribution is 5.39. The third kappa shape index (κ3) is 2.32. The van der Waals surface area contributed by atoms with Gasteiger partial charge in [-0.25, -0.2) is 0 Å². The number of anilines is 1. The van der Waals surface area contributed by atoms with E-state index >= 15 is 0 Å². The lowest BCUT2D eigenvalue weighted by Gasteiger charge is -2.16. The van der Waals surface area contributed by atoms with Gasteiger partial charge in [-0.2, -0.15) is 5.10 Å². The van der Waals surface area contributed by atoms with Crippen molar-refractivity contribution >= 4 is 5.82 Å². The summed E-state index contributed by atoms with van der Waals surface area (Å²) in [7, 11) is 2.10. The van der Waals surface area contributed by atoms with Gasteiger partial charge in [-0.05, 0) is 37.8 Å². The predicted octanol–water partition coefficient (Wildman–Crippen LogP) is 1.33. The Labute approximate surface area is 96.1 Å². The van der Waals surface area contributed by atoms with Crippen LogP contribution in [0.25, 0.3) is 0 Å². The summed E-state index contributed by atoms with van der Waals surface area (Å²) in [5.74, 6) is 0.998. The molecule has 1 aromatic rings. The van der Waals surface area contributed by atoms with Crippen molar-refractivity contribution in [3.8, 4) is 0 Å². The first-order valence-electron chi connectivity index (χ1n) is 6.12. The maximum atomic E-state index is 4.27. The molecule has 2 saturated carbocycles. The van der Waals surface area contributed by atoms with E-state index in [0.29, 0.717) is 6.04 Å². The molecule has 3 rings (SSSR count). The van der Waals surface area contributed by atoms with Gasteiger partial charge in [-0.15, -0.1) is 5.10 Å². The van der Waals surface area contributed by atoms with E-state index in [9.17, 15) is 0 Å². The van der Waals surface area contributed by atoms with Crippen LogP contribution in [-0.2, 0) is 6.54 Å². The van der Waals surface area contributed by atoms with Crippen LogP contribution in [0.2, 0.25) is 0 Å². The number of hydrogen-bond donors (Lipinski definition) is 1. The quantitative estimate of drug-likeness (QED) is 0.809. The number of aromatic nitrogens is 2. The zero-order chi connectivity index (χ0) is 11.0. The summed E-state index contributed by atoms with van der Waals surface area (Å²) in [6.07, 6.45) is 5.22. The number of hydrogen-bond acceptors (Lipinski definition) is 4. The van der Waals surface area contributed by atoms with Gasteiger partial charge in [0.2, 0.25) is 0 Å². The van der Waals surface area contributed by atoms with Gasteiger partial charge in [0.15, 0.2) is 5.82 Å². The zero-order valence-electron chi connectivity index (χ0n) is 9.69. The molecule has 0 amide bonds. The molecule has 1 N–H and O–H groups in total. The van der Waals surface area contributed by atoms with Gasteiger partial charge in [-0.3, -0.25) is 0 Å². The minimum absolute atomic E-state index is 0.699. The molecule has 0 saturated heterocycles. The van der Waals surface area contributed by atoms with Gasteiger partial charge in [-0.1, -0.05) is 0 Å². The van der Waals surface area contributed by atoms with Crippen molar-refractivity contribution in [2.45, 2.75) is 44.3 Å². The fourth-order valence-electron chi connectivity index (χ4n) is 1.82. The zero-order valence-corrected chi connectivity index (χ0v) is 9.69. The van der Waals surface area contributed by atoms with E-state index in [2.05, 4.69) is 39.6 Å². The second kappa shape index (κ2) is 4.01. The molecule has 0 bridgehead atoms. The molecule has 1 aromatic heterocycles. The van der Waals surface area contributed by atoms with Gasteiger partial charge in [0.1, 0.15) is 0 Å². The fourth-order valence-corrected chi connectivity index (χ4v) is 1.82. The Morgan fingerprint density at radius 1 is 1.25 bits per heavy atom. The molecule has 2 fully saturated rings. The molecular weight excluding hydrogens is 200 g/mol. The van der Waals surface area contributed by atoms with Gasteiger partial charge >= 0.3 is 0 Å². The van der Waals surface area contributed by atoms with Crippen molar-refractivity contribution in [3.63, 3.8) is 0 Å². The Kier molecular flexibility index (Phi) is 2.52. The van der Waals surface area contributed by atoms with E-state index in [4.69, 9.17) is 0 Å². The maximum Gasteiger partial charge on any atom is 0.151 e. The number of nitrogens with one attached hydrogen (secondary N) is 1. The molecule has 0 radical (unpaired) electrons. The highest BCUT2D eigenvalue weighted by Gasteiger charge is 2.27. The monoisotopic (exact) mass is 218 g/mol. The van der Waals surface area contributed by atoms with Gasteiger partial charge in [0, 0.05) is 25.7 Å². The minimum Gasteiger partial charge on any atom is -0.355 e. The normalized spacial score (nSPS) is 19.8. The molecule has 86 valence electrons. The summed E-state index contributed by atoms with van der Waals surface area (Å²) in [6, 6.07) is 5.59. The molecule has 0 aliphatic heterocycles. The van der Waals surface area contributed by atoms with Crippen molar-refractivity contribution in [2.24, 2.45) is 0 Å². The Morgan fingerprint density at radius 2 is 2.06 bits per heavy atom. The van der Waals surface area contributed by atoms with Crippen molar-refractivity contribution in [3.05, 3.63) is 17.8 Å². The molecule has 4 heteroatoms. The van der Waals surface area contributed by atoms with Crippen molar-refractivity contribution < 1.29 is 0 Å². The SMILES string of the molecule is CN(c1ccc(CNC2CC2)nn1)C1CC1. The first kappa shape index (κ1) is 10.0. The summed E-state index contributed by atoms with van der Waals surface area (Å²) >= 11 is 0. The summed E-state index contributed by atoms with van der Waals surface area (Å²) in [5, 5.41) is 12.0. The van der Waals surface area contributed by atoms with Crippen LogP contribution >= 0.6 is 0 Å². The smallest absolute Gasteiger partial charge is 0.151 e. The third-order valence-corrected chi connectivity index (χ3v) is 3.31. The van der Waals surface area contributed by atoms with Crippen molar-refractivity contribution in [2.75, 3.05) is 11.9 Å².